The van der Waals surface area contributed by atoms with Crippen molar-refractivity contribution in [3.8, 4) is 5.75 Å². The summed E-state index contributed by atoms with van der Waals surface area (Å²) in [7, 11) is 1.63. The number of rotatable bonds is 9. The van der Waals surface area contributed by atoms with Gasteiger partial charge < -0.3 is 14.5 Å². The van der Waals surface area contributed by atoms with Crippen LogP contribution in [0.1, 0.15) is 33.7 Å². The van der Waals surface area contributed by atoms with Crippen LogP contribution in [0, 0.1) is 6.92 Å². The number of amides is 1. The summed E-state index contributed by atoms with van der Waals surface area (Å²) in [4.78, 5) is 24.7. The smallest absolute Gasteiger partial charge is 0.349 e. The summed E-state index contributed by atoms with van der Waals surface area (Å²) in [6.07, 6.45) is 5.33. The number of benzene rings is 1. The fourth-order valence-electron chi connectivity index (χ4n) is 3.01. The molecule has 2 aromatic heterocycles. The number of nitrogens with one attached hydrogen (secondary N) is 1. The first-order chi connectivity index (χ1) is 14.1. The fourth-order valence-corrected chi connectivity index (χ4v) is 3.01. The van der Waals surface area contributed by atoms with Crippen molar-refractivity contribution in [2.75, 3.05) is 13.7 Å². The second kappa shape index (κ2) is 9.68. The van der Waals surface area contributed by atoms with E-state index in [9.17, 15) is 9.59 Å². The molecule has 0 fully saturated rings. The lowest BCUT2D eigenvalue weighted by Crippen LogP contribution is -2.31. The number of hydrogen-bond donors (Lipinski definition) is 1. The average Bonchev–Trinajstić information content (AvgIpc) is 3.23. The van der Waals surface area contributed by atoms with Crippen LogP contribution < -0.4 is 15.7 Å². The molecule has 8 nitrogen and oxygen atoms in total. The van der Waals surface area contributed by atoms with E-state index in [1.165, 1.54) is 0 Å². The minimum atomic E-state index is -0.608. The molecule has 2 heterocycles. The molecule has 29 heavy (non-hydrogen) atoms. The SMILES string of the molecule is COc1ccc(CCc2cc(C)c(C(=O)NCCCn3ccnn3)c(=O)o2)cc1. The number of carbonyl (C=O) groups is 1. The number of nitrogens with zero attached hydrogens (tertiary/aromatic N) is 3. The largest absolute Gasteiger partial charge is 0.497 e. The van der Waals surface area contributed by atoms with Crippen molar-refractivity contribution in [1.29, 1.82) is 0 Å². The van der Waals surface area contributed by atoms with Crippen LogP contribution in [0.25, 0.3) is 0 Å². The third kappa shape index (κ3) is 5.54. The molecule has 0 aliphatic rings. The van der Waals surface area contributed by atoms with Crippen molar-refractivity contribution in [1.82, 2.24) is 20.3 Å². The zero-order valence-corrected chi connectivity index (χ0v) is 16.6. The highest BCUT2D eigenvalue weighted by Crippen LogP contribution is 2.14. The first kappa shape index (κ1) is 20.3. The molecule has 0 spiro atoms. The number of methoxy groups -OCH3 is 1. The Hall–Kier alpha value is -3.42. The predicted octanol–water partition coefficient (Wildman–Crippen LogP) is 2.15. The molecule has 0 aliphatic heterocycles. The highest BCUT2D eigenvalue weighted by atomic mass is 16.5. The van der Waals surface area contributed by atoms with Gasteiger partial charge >= 0.3 is 5.63 Å². The van der Waals surface area contributed by atoms with Gasteiger partial charge in [0, 0.05) is 25.7 Å². The molecule has 3 rings (SSSR count). The first-order valence-corrected chi connectivity index (χ1v) is 9.45. The molecule has 0 saturated heterocycles. The normalized spacial score (nSPS) is 10.7. The quantitative estimate of drug-likeness (QED) is 0.557. The van der Waals surface area contributed by atoms with Gasteiger partial charge in [-0.05, 0) is 49.1 Å². The Balaban J connectivity index is 1.56. The monoisotopic (exact) mass is 396 g/mol. The molecule has 0 radical (unpaired) electrons. The van der Waals surface area contributed by atoms with Gasteiger partial charge in [0.1, 0.15) is 17.1 Å². The van der Waals surface area contributed by atoms with E-state index in [0.717, 1.165) is 17.7 Å². The summed E-state index contributed by atoms with van der Waals surface area (Å²) in [6, 6.07) is 9.51. The van der Waals surface area contributed by atoms with Crippen LogP contribution in [0.4, 0.5) is 0 Å². The third-order valence-corrected chi connectivity index (χ3v) is 4.57. The van der Waals surface area contributed by atoms with E-state index in [1.807, 2.05) is 24.3 Å². The number of carbonyl (C=O) groups excluding carboxylic acids is 1. The molecule has 1 N–H and O–H groups in total. The van der Waals surface area contributed by atoms with Crippen molar-refractivity contribution < 1.29 is 13.9 Å². The van der Waals surface area contributed by atoms with Gasteiger partial charge in [-0.2, -0.15) is 0 Å². The molecule has 0 atom stereocenters. The maximum absolute atomic E-state index is 12.4. The first-order valence-electron chi connectivity index (χ1n) is 9.45. The predicted molar refractivity (Wildman–Crippen MR) is 107 cm³/mol. The standard InChI is InChI=1S/C21H24N4O4/c1-15-14-18(9-6-16-4-7-17(28-2)8-5-16)29-21(27)19(15)20(26)22-10-3-12-25-13-11-23-24-25/h4-5,7-8,11,13-14H,3,6,9-10,12H2,1-2H3,(H,22,26). The van der Waals surface area contributed by atoms with Crippen molar-refractivity contribution >= 4 is 5.91 Å². The van der Waals surface area contributed by atoms with Gasteiger partial charge in [-0.25, -0.2) is 4.79 Å². The zero-order valence-electron chi connectivity index (χ0n) is 16.6. The molecule has 0 saturated carbocycles. The van der Waals surface area contributed by atoms with Gasteiger partial charge in [-0.15, -0.1) is 5.10 Å². The second-order valence-corrected chi connectivity index (χ2v) is 6.68. The summed E-state index contributed by atoms with van der Waals surface area (Å²) in [5.41, 5.74) is 1.17. The number of ether oxygens (including phenoxy) is 1. The molecular formula is C21H24N4O4. The Bertz CT molecular complexity index is 995. The number of hydrogen-bond acceptors (Lipinski definition) is 6. The average molecular weight is 396 g/mol. The molecule has 1 aromatic carbocycles. The van der Waals surface area contributed by atoms with Crippen LogP contribution in [0.3, 0.4) is 0 Å². The van der Waals surface area contributed by atoms with Gasteiger partial charge in [0.2, 0.25) is 0 Å². The van der Waals surface area contributed by atoms with Crippen LogP contribution in [0.2, 0.25) is 0 Å². The van der Waals surface area contributed by atoms with Gasteiger partial charge in [-0.1, -0.05) is 17.3 Å². The lowest BCUT2D eigenvalue weighted by Gasteiger charge is -2.08. The van der Waals surface area contributed by atoms with E-state index >= 15 is 0 Å². The van der Waals surface area contributed by atoms with Gasteiger partial charge in [0.25, 0.3) is 5.91 Å². The Morgan fingerprint density at radius 3 is 2.69 bits per heavy atom. The Morgan fingerprint density at radius 2 is 2.03 bits per heavy atom. The van der Waals surface area contributed by atoms with Crippen LogP contribution in [-0.2, 0) is 19.4 Å². The Kier molecular flexibility index (Phi) is 6.78. The van der Waals surface area contributed by atoms with Gasteiger partial charge in [-0.3, -0.25) is 9.48 Å². The van der Waals surface area contributed by atoms with Crippen molar-refractivity contribution in [2.24, 2.45) is 0 Å². The number of aryl methyl sites for hydroxylation is 4. The van der Waals surface area contributed by atoms with E-state index in [2.05, 4.69) is 15.6 Å². The Labute approximate surface area is 168 Å². The second-order valence-electron chi connectivity index (χ2n) is 6.68. The lowest BCUT2D eigenvalue weighted by atomic mass is 10.1. The van der Waals surface area contributed by atoms with E-state index in [1.54, 1.807) is 37.2 Å². The molecule has 152 valence electrons. The Morgan fingerprint density at radius 1 is 1.24 bits per heavy atom. The van der Waals surface area contributed by atoms with Crippen LogP contribution in [-0.4, -0.2) is 34.6 Å². The number of aromatic nitrogens is 3. The highest BCUT2D eigenvalue weighted by Gasteiger charge is 2.16. The highest BCUT2D eigenvalue weighted by molar-refractivity contribution is 5.95. The molecule has 3 aromatic rings. The van der Waals surface area contributed by atoms with Crippen molar-refractivity contribution in [3.63, 3.8) is 0 Å². The van der Waals surface area contributed by atoms with E-state index < -0.39 is 11.5 Å². The van der Waals surface area contributed by atoms with Crippen molar-refractivity contribution in [2.45, 2.75) is 32.7 Å². The molecular weight excluding hydrogens is 372 g/mol. The van der Waals surface area contributed by atoms with E-state index in [-0.39, 0.29) is 5.56 Å². The third-order valence-electron chi connectivity index (χ3n) is 4.57. The summed E-state index contributed by atoms with van der Waals surface area (Å²) in [6.45, 7) is 2.81. The maximum Gasteiger partial charge on any atom is 0.349 e. The van der Waals surface area contributed by atoms with Crippen LogP contribution >= 0.6 is 0 Å². The van der Waals surface area contributed by atoms with Crippen molar-refractivity contribution in [3.05, 3.63) is 75.6 Å². The summed E-state index contributed by atoms with van der Waals surface area (Å²) >= 11 is 0. The maximum atomic E-state index is 12.4. The van der Waals surface area contributed by atoms with E-state index in [0.29, 0.717) is 37.3 Å². The van der Waals surface area contributed by atoms with Gasteiger partial charge in [0.15, 0.2) is 0 Å². The molecule has 1 amide bonds. The van der Waals surface area contributed by atoms with Crippen LogP contribution in [0.5, 0.6) is 5.75 Å². The molecule has 8 heteroatoms. The lowest BCUT2D eigenvalue weighted by molar-refractivity contribution is 0.0947. The van der Waals surface area contributed by atoms with Gasteiger partial charge in [0.05, 0.1) is 13.3 Å². The summed E-state index contributed by atoms with van der Waals surface area (Å²) in [5.74, 6) is 0.940. The molecule has 0 bridgehead atoms. The minimum absolute atomic E-state index is 0.0546. The van der Waals surface area contributed by atoms with E-state index in [4.69, 9.17) is 9.15 Å². The molecule has 0 aliphatic carbocycles. The zero-order chi connectivity index (χ0) is 20.6. The summed E-state index contributed by atoms with van der Waals surface area (Å²) in [5, 5.41) is 10.3. The minimum Gasteiger partial charge on any atom is -0.497 e. The topological polar surface area (TPSA) is 99.2 Å². The summed E-state index contributed by atoms with van der Waals surface area (Å²) < 4.78 is 12.2. The van der Waals surface area contributed by atoms with Crippen LogP contribution in [0.15, 0.2) is 51.9 Å². The molecule has 0 unspecified atom stereocenters. The fraction of sp³-hybridized carbons (Fsp3) is 0.333.